The van der Waals surface area contributed by atoms with E-state index in [0.717, 1.165) is 11.5 Å². The molecule has 4 heteroatoms. The van der Waals surface area contributed by atoms with Crippen molar-refractivity contribution in [2.75, 3.05) is 5.43 Å². The maximum absolute atomic E-state index is 5.07. The molecule has 1 rings (SSSR count). The first kappa shape index (κ1) is 5.97. The summed E-state index contributed by atoms with van der Waals surface area (Å²) in [7, 11) is 0. The molecule has 0 radical (unpaired) electrons. The van der Waals surface area contributed by atoms with Crippen LogP contribution in [0.15, 0.2) is 12.4 Å². The molecule has 0 aliphatic carbocycles. The van der Waals surface area contributed by atoms with E-state index in [9.17, 15) is 0 Å². The van der Waals surface area contributed by atoms with Crippen molar-refractivity contribution in [1.29, 1.82) is 0 Å². The Morgan fingerprint density at radius 1 is 1.44 bits per heavy atom. The van der Waals surface area contributed by atoms with Gasteiger partial charge in [0.1, 0.15) is 5.82 Å². The second-order valence-corrected chi connectivity index (χ2v) is 1.66. The number of hydrogen-bond donors (Lipinski definition) is 2. The topological polar surface area (TPSA) is 63.8 Å². The van der Waals surface area contributed by atoms with Crippen LogP contribution in [0.2, 0.25) is 0 Å². The van der Waals surface area contributed by atoms with E-state index in [-0.39, 0.29) is 0 Å². The molecule has 0 aliphatic heterocycles. The Morgan fingerprint density at radius 3 is 2.44 bits per heavy atom. The SMILES string of the molecule is Cc1ncc(NN)cn1. The van der Waals surface area contributed by atoms with Gasteiger partial charge in [0, 0.05) is 0 Å². The van der Waals surface area contributed by atoms with Crippen molar-refractivity contribution in [3.8, 4) is 0 Å². The summed E-state index contributed by atoms with van der Waals surface area (Å²) in [5.74, 6) is 5.81. The van der Waals surface area contributed by atoms with Crippen LogP contribution >= 0.6 is 0 Å². The number of nitrogens with one attached hydrogen (secondary N) is 1. The third-order valence-corrected chi connectivity index (χ3v) is 0.948. The smallest absolute Gasteiger partial charge is 0.125 e. The summed E-state index contributed by atoms with van der Waals surface area (Å²) in [6, 6.07) is 0. The maximum atomic E-state index is 5.07. The van der Waals surface area contributed by atoms with Gasteiger partial charge in [0.15, 0.2) is 0 Å². The van der Waals surface area contributed by atoms with E-state index in [1.165, 1.54) is 0 Å². The van der Waals surface area contributed by atoms with Gasteiger partial charge in [0.25, 0.3) is 0 Å². The number of nitrogens with zero attached hydrogens (tertiary/aromatic N) is 2. The average Bonchev–Trinajstić information content (AvgIpc) is 1.90. The van der Waals surface area contributed by atoms with Crippen molar-refractivity contribution < 1.29 is 0 Å². The second-order valence-electron chi connectivity index (χ2n) is 1.66. The molecule has 0 bridgehead atoms. The predicted molar refractivity (Wildman–Crippen MR) is 34.6 cm³/mol. The van der Waals surface area contributed by atoms with Gasteiger partial charge in [0.05, 0.1) is 18.1 Å². The minimum Gasteiger partial charge on any atom is -0.321 e. The summed E-state index contributed by atoms with van der Waals surface area (Å²) in [6.45, 7) is 1.82. The molecule has 0 saturated carbocycles. The Kier molecular flexibility index (Phi) is 1.60. The number of hydrazine groups is 1. The third kappa shape index (κ3) is 1.36. The lowest BCUT2D eigenvalue weighted by Crippen LogP contribution is -2.07. The molecule has 9 heavy (non-hydrogen) atoms. The molecule has 0 atom stereocenters. The van der Waals surface area contributed by atoms with Crippen LogP contribution in [0.5, 0.6) is 0 Å². The van der Waals surface area contributed by atoms with Gasteiger partial charge in [-0.25, -0.2) is 9.97 Å². The lowest BCUT2D eigenvalue weighted by atomic mass is 10.5. The summed E-state index contributed by atoms with van der Waals surface area (Å²) in [5, 5.41) is 0. The molecule has 4 nitrogen and oxygen atoms in total. The molecule has 0 spiro atoms. The fraction of sp³-hybridized carbons (Fsp3) is 0.200. The van der Waals surface area contributed by atoms with E-state index in [2.05, 4.69) is 15.4 Å². The first-order valence-electron chi connectivity index (χ1n) is 2.58. The lowest BCUT2D eigenvalue weighted by Gasteiger charge is -1.95. The van der Waals surface area contributed by atoms with E-state index >= 15 is 0 Å². The van der Waals surface area contributed by atoms with Gasteiger partial charge in [-0.1, -0.05) is 0 Å². The molecule has 1 aromatic rings. The number of rotatable bonds is 1. The van der Waals surface area contributed by atoms with Crippen LogP contribution < -0.4 is 11.3 Å². The van der Waals surface area contributed by atoms with Crippen LogP contribution in [0.1, 0.15) is 5.82 Å². The number of nitrogens with two attached hydrogens (primary N) is 1. The number of aromatic nitrogens is 2. The average molecular weight is 124 g/mol. The van der Waals surface area contributed by atoms with Crippen LogP contribution in [0.25, 0.3) is 0 Å². The van der Waals surface area contributed by atoms with Crippen LogP contribution in [0.4, 0.5) is 5.69 Å². The molecule has 3 N–H and O–H groups in total. The van der Waals surface area contributed by atoms with Crippen molar-refractivity contribution >= 4 is 5.69 Å². The van der Waals surface area contributed by atoms with E-state index in [4.69, 9.17) is 5.84 Å². The maximum Gasteiger partial charge on any atom is 0.125 e. The van der Waals surface area contributed by atoms with E-state index < -0.39 is 0 Å². The number of aryl methyl sites for hydroxylation is 1. The van der Waals surface area contributed by atoms with Crippen molar-refractivity contribution in [3.63, 3.8) is 0 Å². The monoisotopic (exact) mass is 124 g/mol. The van der Waals surface area contributed by atoms with Crippen LogP contribution in [-0.2, 0) is 0 Å². The minimum absolute atomic E-state index is 0.723. The number of hydrogen-bond acceptors (Lipinski definition) is 4. The van der Waals surface area contributed by atoms with Gasteiger partial charge in [-0.3, -0.25) is 5.84 Å². The molecule has 0 amide bonds. The Hall–Kier alpha value is -1.16. The largest absolute Gasteiger partial charge is 0.321 e. The highest BCUT2D eigenvalue weighted by Crippen LogP contribution is 1.97. The quantitative estimate of drug-likeness (QED) is 0.411. The summed E-state index contributed by atoms with van der Waals surface area (Å²) in [4.78, 5) is 7.79. The summed E-state index contributed by atoms with van der Waals surface area (Å²) >= 11 is 0. The van der Waals surface area contributed by atoms with Crippen LogP contribution in [0, 0.1) is 6.92 Å². The zero-order valence-electron chi connectivity index (χ0n) is 5.13. The van der Waals surface area contributed by atoms with E-state index in [0.29, 0.717) is 0 Å². The number of anilines is 1. The van der Waals surface area contributed by atoms with Crippen LogP contribution in [0.3, 0.4) is 0 Å². The molecule has 0 fully saturated rings. The van der Waals surface area contributed by atoms with Gasteiger partial charge in [-0.05, 0) is 6.92 Å². The highest BCUT2D eigenvalue weighted by Gasteiger charge is 1.86. The molecule has 1 heterocycles. The third-order valence-electron chi connectivity index (χ3n) is 0.948. The fourth-order valence-corrected chi connectivity index (χ4v) is 0.467. The molecular formula is C5H8N4. The molecular weight excluding hydrogens is 116 g/mol. The molecule has 1 aromatic heterocycles. The minimum atomic E-state index is 0.723. The Labute approximate surface area is 53.1 Å². The predicted octanol–water partition coefficient (Wildman–Crippen LogP) is 0.0706. The zero-order valence-corrected chi connectivity index (χ0v) is 5.13. The molecule has 0 saturated heterocycles. The van der Waals surface area contributed by atoms with Gasteiger partial charge in [0.2, 0.25) is 0 Å². The first-order valence-corrected chi connectivity index (χ1v) is 2.58. The summed E-state index contributed by atoms with van der Waals surface area (Å²) in [6.07, 6.45) is 3.25. The highest BCUT2D eigenvalue weighted by atomic mass is 15.2. The molecule has 0 aromatic carbocycles. The van der Waals surface area contributed by atoms with Gasteiger partial charge in [-0.2, -0.15) is 0 Å². The summed E-state index contributed by atoms with van der Waals surface area (Å²) < 4.78 is 0. The zero-order chi connectivity index (χ0) is 6.69. The van der Waals surface area contributed by atoms with Crippen molar-refractivity contribution in [3.05, 3.63) is 18.2 Å². The highest BCUT2D eigenvalue weighted by molar-refractivity contribution is 5.35. The van der Waals surface area contributed by atoms with Crippen molar-refractivity contribution in [1.82, 2.24) is 9.97 Å². The molecule has 0 aliphatic rings. The number of nitrogen functional groups attached to an aromatic ring is 1. The van der Waals surface area contributed by atoms with Gasteiger partial charge < -0.3 is 5.43 Å². The van der Waals surface area contributed by atoms with Crippen LogP contribution in [-0.4, -0.2) is 9.97 Å². The normalized spacial score (nSPS) is 9.11. The Bertz CT molecular complexity index is 181. The van der Waals surface area contributed by atoms with E-state index in [1.807, 2.05) is 6.92 Å². The van der Waals surface area contributed by atoms with Gasteiger partial charge >= 0.3 is 0 Å². The lowest BCUT2D eigenvalue weighted by molar-refractivity contribution is 1.05. The van der Waals surface area contributed by atoms with Crippen molar-refractivity contribution in [2.24, 2.45) is 5.84 Å². The molecule has 0 unspecified atom stereocenters. The first-order chi connectivity index (χ1) is 4.33. The standard InChI is InChI=1S/C5H8N4/c1-4-7-2-5(9-6)3-8-4/h2-3,9H,6H2,1H3. The van der Waals surface area contributed by atoms with E-state index in [1.54, 1.807) is 12.4 Å². The van der Waals surface area contributed by atoms with Gasteiger partial charge in [-0.15, -0.1) is 0 Å². The molecule has 48 valence electrons. The Balaban J connectivity index is 2.88. The summed E-state index contributed by atoms with van der Waals surface area (Å²) in [5.41, 5.74) is 3.15. The Morgan fingerprint density at radius 2 is 2.00 bits per heavy atom. The van der Waals surface area contributed by atoms with Crippen molar-refractivity contribution in [2.45, 2.75) is 6.92 Å². The second kappa shape index (κ2) is 2.41. The fourth-order valence-electron chi connectivity index (χ4n) is 0.467.